The van der Waals surface area contributed by atoms with E-state index >= 15 is 0 Å². The van der Waals surface area contributed by atoms with Gasteiger partial charge in [-0.15, -0.1) is 0 Å². The maximum absolute atomic E-state index is 10.6. The third-order valence-corrected chi connectivity index (χ3v) is 4.65. The number of hydrogen-bond acceptors (Lipinski definition) is 4. The van der Waals surface area contributed by atoms with Crippen LogP contribution in [0.3, 0.4) is 0 Å². The highest BCUT2D eigenvalue weighted by molar-refractivity contribution is 5.43. The van der Waals surface area contributed by atoms with Crippen molar-refractivity contribution in [3.63, 3.8) is 0 Å². The van der Waals surface area contributed by atoms with Gasteiger partial charge in [-0.25, -0.2) is 4.98 Å². The lowest BCUT2D eigenvalue weighted by Gasteiger charge is -2.51. The van der Waals surface area contributed by atoms with Gasteiger partial charge in [0.1, 0.15) is 12.0 Å². The minimum atomic E-state index is -0.405. The first kappa shape index (κ1) is 12.4. The Morgan fingerprint density at radius 1 is 1.37 bits per heavy atom. The van der Waals surface area contributed by atoms with Crippen LogP contribution in [0.15, 0.2) is 18.3 Å². The largest absolute Gasteiger partial charge is 0.357 e. The zero-order chi connectivity index (χ0) is 13.5. The van der Waals surface area contributed by atoms with E-state index in [0.717, 1.165) is 24.8 Å². The lowest BCUT2D eigenvalue weighted by atomic mass is 9.58. The van der Waals surface area contributed by atoms with E-state index < -0.39 is 4.92 Å². The second kappa shape index (κ2) is 4.47. The second-order valence-electron chi connectivity index (χ2n) is 6.13. The topological polar surface area (TPSA) is 59.3 Å². The Morgan fingerprint density at radius 3 is 2.53 bits per heavy atom. The number of aromatic nitrogens is 1. The number of anilines is 1. The predicted molar refractivity (Wildman–Crippen MR) is 73.2 cm³/mol. The van der Waals surface area contributed by atoms with Crippen molar-refractivity contribution in [2.45, 2.75) is 32.6 Å². The molecule has 1 aromatic heterocycles. The molecule has 1 saturated heterocycles. The van der Waals surface area contributed by atoms with Crippen LogP contribution in [-0.2, 0) is 0 Å². The van der Waals surface area contributed by atoms with Crippen molar-refractivity contribution >= 4 is 11.5 Å². The summed E-state index contributed by atoms with van der Waals surface area (Å²) in [5.41, 5.74) is 0.654. The third kappa shape index (κ3) is 2.29. The number of nitro groups is 1. The molecule has 2 heterocycles. The molecule has 1 spiro atoms. The number of nitrogens with zero attached hydrogens (tertiary/aromatic N) is 3. The summed E-state index contributed by atoms with van der Waals surface area (Å²) in [5, 5.41) is 10.6. The van der Waals surface area contributed by atoms with E-state index in [9.17, 15) is 10.1 Å². The van der Waals surface area contributed by atoms with E-state index in [4.69, 9.17) is 0 Å². The average Bonchev–Trinajstić information content (AvgIpc) is 2.38. The van der Waals surface area contributed by atoms with E-state index in [0.29, 0.717) is 5.41 Å². The van der Waals surface area contributed by atoms with Crippen molar-refractivity contribution in [2.24, 2.45) is 11.3 Å². The quantitative estimate of drug-likeness (QED) is 0.606. The van der Waals surface area contributed by atoms with Gasteiger partial charge in [0.15, 0.2) is 0 Å². The molecule has 1 saturated carbocycles. The lowest BCUT2D eigenvalue weighted by Crippen LogP contribution is -2.46. The summed E-state index contributed by atoms with van der Waals surface area (Å²) in [4.78, 5) is 16.7. The second-order valence-corrected chi connectivity index (χ2v) is 6.13. The number of hydrogen-bond donors (Lipinski definition) is 0. The molecule has 0 amide bonds. The molecule has 0 radical (unpaired) electrons. The van der Waals surface area contributed by atoms with Crippen molar-refractivity contribution < 1.29 is 4.92 Å². The summed E-state index contributed by atoms with van der Waals surface area (Å²) in [6, 6.07) is 3.30. The Bertz CT molecular complexity index is 470. The smallest absolute Gasteiger partial charge is 0.287 e. The highest BCUT2D eigenvalue weighted by Crippen LogP contribution is 2.52. The molecule has 0 N–H and O–H groups in total. The molecular formula is C14H19N3O2. The van der Waals surface area contributed by atoms with Gasteiger partial charge >= 0.3 is 0 Å². The Kier molecular flexibility index (Phi) is 2.92. The van der Waals surface area contributed by atoms with Crippen LogP contribution in [0.5, 0.6) is 0 Å². The molecule has 1 aliphatic heterocycles. The number of rotatable bonds is 2. The van der Waals surface area contributed by atoms with Crippen molar-refractivity contribution in [1.29, 1.82) is 0 Å². The molecule has 3 rings (SSSR count). The maximum atomic E-state index is 10.6. The SMILES string of the molecule is CC1CC2(CCN(c3ccc([N+](=O)[O-])cn3)CC2)C1. The van der Waals surface area contributed by atoms with Crippen LogP contribution in [0.25, 0.3) is 0 Å². The standard InChI is InChI=1S/C14H19N3O2/c1-11-8-14(9-11)4-6-16(7-5-14)13-3-2-12(10-15-13)17(18)19/h2-3,10-11H,4-9H2,1H3. The molecule has 0 atom stereocenters. The molecule has 5 nitrogen and oxygen atoms in total. The Hall–Kier alpha value is -1.65. The molecular weight excluding hydrogens is 242 g/mol. The van der Waals surface area contributed by atoms with Crippen LogP contribution in [0.4, 0.5) is 11.5 Å². The molecule has 0 bridgehead atoms. The highest BCUT2D eigenvalue weighted by atomic mass is 16.6. The van der Waals surface area contributed by atoms with Crippen LogP contribution < -0.4 is 4.90 Å². The molecule has 5 heteroatoms. The summed E-state index contributed by atoms with van der Waals surface area (Å²) in [5.74, 6) is 1.76. The monoisotopic (exact) mass is 261 g/mol. The van der Waals surface area contributed by atoms with Gasteiger partial charge in [0, 0.05) is 19.2 Å². The zero-order valence-corrected chi connectivity index (χ0v) is 11.2. The van der Waals surface area contributed by atoms with Crippen molar-refractivity contribution in [1.82, 2.24) is 4.98 Å². The van der Waals surface area contributed by atoms with E-state index in [1.165, 1.54) is 37.9 Å². The Balaban J connectivity index is 1.63. The van der Waals surface area contributed by atoms with Crippen molar-refractivity contribution in [3.05, 3.63) is 28.4 Å². The fourth-order valence-corrected chi connectivity index (χ4v) is 3.71. The van der Waals surface area contributed by atoms with Crippen molar-refractivity contribution in [3.8, 4) is 0 Å². The Labute approximate surface area is 112 Å². The van der Waals surface area contributed by atoms with Crippen LogP contribution in [0.1, 0.15) is 32.6 Å². The van der Waals surface area contributed by atoms with Gasteiger partial charge in [0.2, 0.25) is 0 Å². The minimum absolute atomic E-state index is 0.0602. The zero-order valence-electron chi connectivity index (χ0n) is 11.2. The fourth-order valence-electron chi connectivity index (χ4n) is 3.71. The molecule has 0 aromatic carbocycles. The van der Waals surface area contributed by atoms with Gasteiger partial charge in [0.05, 0.1) is 4.92 Å². The van der Waals surface area contributed by atoms with Gasteiger partial charge in [-0.05, 0) is 43.1 Å². The maximum Gasteiger partial charge on any atom is 0.287 e. The average molecular weight is 261 g/mol. The van der Waals surface area contributed by atoms with E-state index in [-0.39, 0.29) is 5.69 Å². The third-order valence-electron chi connectivity index (χ3n) is 4.65. The van der Waals surface area contributed by atoms with E-state index in [1.807, 2.05) is 0 Å². The normalized spacial score (nSPS) is 22.3. The summed E-state index contributed by atoms with van der Waals surface area (Å²) in [6.07, 6.45) is 6.56. The molecule has 0 unspecified atom stereocenters. The van der Waals surface area contributed by atoms with Crippen LogP contribution in [0, 0.1) is 21.4 Å². The fraction of sp³-hybridized carbons (Fsp3) is 0.643. The molecule has 1 aromatic rings. The van der Waals surface area contributed by atoms with Gasteiger partial charge in [-0.2, -0.15) is 0 Å². The van der Waals surface area contributed by atoms with Gasteiger partial charge in [-0.1, -0.05) is 6.92 Å². The number of pyridine rings is 1. The van der Waals surface area contributed by atoms with E-state index in [1.54, 1.807) is 6.07 Å². The highest BCUT2D eigenvalue weighted by Gasteiger charge is 2.43. The predicted octanol–water partition coefficient (Wildman–Crippen LogP) is 3.01. The summed E-state index contributed by atoms with van der Waals surface area (Å²) in [6.45, 7) is 4.38. The van der Waals surface area contributed by atoms with E-state index in [2.05, 4.69) is 16.8 Å². The van der Waals surface area contributed by atoms with Crippen LogP contribution >= 0.6 is 0 Å². The molecule has 2 fully saturated rings. The number of piperidine rings is 1. The van der Waals surface area contributed by atoms with Gasteiger partial charge < -0.3 is 4.90 Å². The van der Waals surface area contributed by atoms with Gasteiger partial charge in [0.25, 0.3) is 5.69 Å². The van der Waals surface area contributed by atoms with Crippen molar-refractivity contribution in [2.75, 3.05) is 18.0 Å². The first-order chi connectivity index (χ1) is 9.08. The molecule has 19 heavy (non-hydrogen) atoms. The van der Waals surface area contributed by atoms with Gasteiger partial charge in [-0.3, -0.25) is 10.1 Å². The first-order valence-corrected chi connectivity index (χ1v) is 6.93. The molecule has 2 aliphatic rings. The summed E-state index contributed by atoms with van der Waals surface area (Å²) >= 11 is 0. The molecule has 1 aliphatic carbocycles. The first-order valence-electron chi connectivity index (χ1n) is 6.93. The van der Waals surface area contributed by atoms with Crippen LogP contribution in [-0.4, -0.2) is 23.0 Å². The lowest BCUT2D eigenvalue weighted by molar-refractivity contribution is -0.385. The summed E-state index contributed by atoms with van der Waals surface area (Å²) < 4.78 is 0. The Morgan fingerprint density at radius 2 is 2.05 bits per heavy atom. The summed E-state index contributed by atoms with van der Waals surface area (Å²) in [7, 11) is 0. The minimum Gasteiger partial charge on any atom is -0.357 e. The van der Waals surface area contributed by atoms with Crippen LogP contribution in [0.2, 0.25) is 0 Å². The molecule has 102 valence electrons.